The number of aryl methyl sites for hydroxylation is 1. The highest BCUT2D eigenvalue weighted by Gasteiger charge is 2.10. The molecule has 0 bridgehead atoms. The van der Waals surface area contributed by atoms with Crippen LogP contribution >= 0.6 is 0 Å². The molecule has 0 aliphatic rings. The summed E-state index contributed by atoms with van der Waals surface area (Å²) in [6.45, 7) is 12.5. The smallest absolute Gasteiger partial charge is 0.311 e. The van der Waals surface area contributed by atoms with Gasteiger partial charge in [0.15, 0.2) is 0 Å². The van der Waals surface area contributed by atoms with Gasteiger partial charge in [-0.25, -0.2) is 0 Å². The van der Waals surface area contributed by atoms with Gasteiger partial charge in [0.1, 0.15) is 0 Å². The van der Waals surface area contributed by atoms with Crippen molar-refractivity contribution in [3.8, 4) is 0 Å². The number of carbonyl (C=O) groups excluding carboxylic acids is 1. The zero-order valence-electron chi connectivity index (χ0n) is 8.01. The Bertz CT molecular complexity index is 399. The van der Waals surface area contributed by atoms with Crippen molar-refractivity contribution in [3.63, 3.8) is 0 Å². The van der Waals surface area contributed by atoms with Gasteiger partial charge in [-0.3, -0.25) is 0 Å². The predicted octanol–water partition coefficient (Wildman–Crippen LogP) is 2.67. The van der Waals surface area contributed by atoms with Gasteiger partial charge in [-0.05, 0) is 37.5 Å². The average molecular weight is 173 g/mol. The third-order valence-electron chi connectivity index (χ3n) is 2.39. The molecule has 0 saturated heterocycles. The van der Waals surface area contributed by atoms with E-state index in [1.165, 1.54) is 0 Å². The second kappa shape index (κ2) is 3.40. The molecule has 0 unspecified atom stereocenters. The fraction of sp³-hybridized carbons (Fsp3) is 0.273. The molecule has 1 aromatic carbocycles. The molecule has 0 heterocycles. The van der Waals surface area contributed by atoms with Crippen LogP contribution in [0.15, 0.2) is 12.1 Å². The van der Waals surface area contributed by atoms with Crippen LogP contribution in [0.4, 0.5) is 0 Å². The molecule has 2 heteroatoms. The SMILES string of the molecule is [C-]#[N+]C(=O)c1ccc(C)c(C)c1C. The molecule has 1 aromatic rings. The molecule has 0 spiro atoms. The van der Waals surface area contributed by atoms with Crippen molar-refractivity contribution in [2.24, 2.45) is 0 Å². The number of hydrogen-bond donors (Lipinski definition) is 0. The standard InChI is InChI=1S/C11H11NO/c1-7-5-6-10(11(13)12-4)9(3)8(7)2/h5-6H,1-3H3. The third kappa shape index (κ3) is 1.59. The Kier molecular flexibility index (Phi) is 2.48. The summed E-state index contributed by atoms with van der Waals surface area (Å²) in [5.41, 5.74) is 3.69. The second-order valence-corrected chi connectivity index (χ2v) is 3.10. The molecule has 0 aromatic heterocycles. The lowest BCUT2D eigenvalue weighted by Crippen LogP contribution is -1.99. The maximum Gasteiger partial charge on any atom is 0.386 e. The van der Waals surface area contributed by atoms with Crippen LogP contribution < -0.4 is 0 Å². The molecule has 0 aliphatic heterocycles. The van der Waals surface area contributed by atoms with Crippen molar-refractivity contribution in [1.29, 1.82) is 0 Å². The highest BCUT2D eigenvalue weighted by molar-refractivity contribution is 6.03. The van der Waals surface area contributed by atoms with E-state index in [9.17, 15) is 4.79 Å². The molecule has 1 rings (SSSR count). The van der Waals surface area contributed by atoms with E-state index >= 15 is 0 Å². The highest BCUT2D eigenvalue weighted by atomic mass is 16.1. The van der Waals surface area contributed by atoms with E-state index in [-0.39, 0.29) is 0 Å². The van der Waals surface area contributed by atoms with Crippen LogP contribution in [0.5, 0.6) is 0 Å². The summed E-state index contributed by atoms with van der Waals surface area (Å²) in [4.78, 5) is 14.0. The first-order chi connectivity index (χ1) is 6.07. The number of carbonyl (C=O) groups is 1. The van der Waals surface area contributed by atoms with Gasteiger partial charge in [0, 0.05) is 5.56 Å². The van der Waals surface area contributed by atoms with Gasteiger partial charge in [0.25, 0.3) is 0 Å². The molecule has 0 N–H and O–H groups in total. The molecule has 0 atom stereocenters. The van der Waals surface area contributed by atoms with Crippen LogP contribution in [-0.2, 0) is 0 Å². The Morgan fingerprint density at radius 3 is 2.38 bits per heavy atom. The van der Waals surface area contributed by atoms with Crippen molar-refractivity contribution in [2.75, 3.05) is 0 Å². The highest BCUT2D eigenvalue weighted by Crippen LogP contribution is 2.17. The van der Waals surface area contributed by atoms with Gasteiger partial charge in [0.2, 0.25) is 0 Å². The number of hydrogen-bond acceptors (Lipinski definition) is 1. The van der Waals surface area contributed by atoms with Crippen molar-refractivity contribution < 1.29 is 4.79 Å². The van der Waals surface area contributed by atoms with Gasteiger partial charge >= 0.3 is 5.91 Å². The summed E-state index contributed by atoms with van der Waals surface area (Å²) in [5.74, 6) is -0.472. The van der Waals surface area contributed by atoms with E-state index in [1.54, 1.807) is 6.07 Å². The van der Waals surface area contributed by atoms with Crippen molar-refractivity contribution >= 4 is 5.91 Å². The number of rotatable bonds is 1. The summed E-state index contributed by atoms with van der Waals surface area (Å²) in [6.07, 6.45) is 0. The van der Waals surface area contributed by atoms with Crippen molar-refractivity contribution in [1.82, 2.24) is 0 Å². The number of amides is 1. The van der Waals surface area contributed by atoms with Crippen LogP contribution in [0.3, 0.4) is 0 Å². The molecule has 66 valence electrons. The maximum atomic E-state index is 11.1. The lowest BCUT2D eigenvalue weighted by molar-refractivity contribution is 0.104. The van der Waals surface area contributed by atoms with Crippen molar-refractivity contribution in [3.05, 3.63) is 45.8 Å². The van der Waals surface area contributed by atoms with E-state index in [0.717, 1.165) is 16.7 Å². The zero-order valence-corrected chi connectivity index (χ0v) is 8.01. The summed E-state index contributed by atoms with van der Waals surface area (Å²) in [5, 5.41) is 0. The minimum Gasteiger partial charge on any atom is -0.311 e. The number of nitrogens with zero attached hydrogens (tertiary/aromatic N) is 1. The Balaban J connectivity index is 3.36. The van der Waals surface area contributed by atoms with E-state index in [4.69, 9.17) is 6.57 Å². The topological polar surface area (TPSA) is 21.4 Å². The minimum atomic E-state index is -0.472. The minimum absolute atomic E-state index is 0.472. The third-order valence-corrected chi connectivity index (χ3v) is 2.39. The quantitative estimate of drug-likeness (QED) is 0.598. The fourth-order valence-corrected chi connectivity index (χ4v) is 1.25. The van der Waals surface area contributed by atoms with Crippen LogP contribution in [0, 0.1) is 27.3 Å². The molecule has 13 heavy (non-hydrogen) atoms. The molecule has 2 nitrogen and oxygen atoms in total. The normalized spacial score (nSPS) is 9.38. The summed E-state index contributed by atoms with van der Waals surface area (Å²) in [7, 11) is 0. The van der Waals surface area contributed by atoms with E-state index < -0.39 is 5.91 Å². The van der Waals surface area contributed by atoms with E-state index in [1.807, 2.05) is 26.8 Å². The maximum absolute atomic E-state index is 11.1. The van der Waals surface area contributed by atoms with Crippen LogP contribution in [-0.4, -0.2) is 5.91 Å². The molecule has 1 amide bonds. The molecular formula is C11H11NO. The summed E-state index contributed by atoms with van der Waals surface area (Å²) in [6, 6.07) is 3.60. The van der Waals surface area contributed by atoms with Crippen LogP contribution in [0.2, 0.25) is 0 Å². The Morgan fingerprint density at radius 2 is 1.85 bits per heavy atom. The van der Waals surface area contributed by atoms with Gasteiger partial charge in [-0.15, -0.1) is 0 Å². The van der Waals surface area contributed by atoms with E-state index in [2.05, 4.69) is 4.85 Å². The zero-order chi connectivity index (χ0) is 10.0. The molecule has 0 saturated carbocycles. The molecule has 0 radical (unpaired) electrons. The second-order valence-electron chi connectivity index (χ2n) is 3.10. The fourth-order valence-electron chi connectivity index (χ4n) is 1.25. The summed E-state index contributed by atoms with van der Waals surface area (Å²) >= 11 is 0. The predicted molar refractivity (Wildman–Crippen MR) is 51.6 cm³/mol. The Labute approximate surface area is 78.0 Å². The van der Waals surface area contributed by atoms with Crippen LogP contribution in [0.1, 0.15) is 27.0 Å². The molecule has 0 aliphatic carbocycles. The molecule has 0 fully saturated rings. The largest absolute Gasteiger partial charge is 0.386 e. The lowest BCUT2D eigenvalue weighted by atomic mass is 9.99. The summed E-state index contributed by atoms with van der Waals surface area (Å²) < 4.78 is 0. The lowest BCUT2D eigenvalue weighted by Gasteiger charge is -2.07. The Hall–Kier alpha value is -1.62. The number of benzene rings is 1. The van der Waals surface area contributed by atoms with Gasteiger partial charge in [0.05, 0.1) is 6.57 Å². The first-order valence-electron chi connectivity index (χ1n) is 4.06. The first-order valence-corrected chi connectivity index (χ1v) is 4.06. The first kappa shape index (κ1) is 9.47. The van der Waals surface area contributed by atoms with Crippen LogP contribution in [0.25, 0.3) is 4.85 Å². The average Bonchev–Trinajstić information content (AvgIpc) is 2.13. The van der Waals surface area contributed by atoms with Gasteiger partial charge < -0.3 is 4.79 Å². The van der Waals surface area contributed by atoms with E-state index in [0.29, 0.717) is 5.56 Å². The molecular weight excluding hydrogens is 162 g/mol. The van der Waals surface area contributed by atoms with Crippen molar-refractivity contribution in [2.45, 2.75) is 20.8 Å². The monoisotopic (exact) mass is 173 g/mol. The van der Waals surface area contributed by atoms with Gasteiger partial charge in [-0.1, -0.05) is 12.1 Å². The Morgan fingerprint density at radius 1 is 1.23 bits per heavy atom. The van der Waals surface area contributed by atoms with Gasteiger partial charge in [-0.2, -0.15) is 4.85 Å².